The predicted octanol–water partition coefficient (Wildman–Crippen LogP) is 3.85. The van der Waals surface area contributed by atoms with E-state index in [0.29, 0.717) is 48.3 Å². The van der Waals surface area contributed by atoms with Gasteiger partial charge in [-0.3, -0.25) is 9.59 Å². The molecule has 2 fully saturated rings. The molecule has 1 amide bonds. The third kappa shape index (κ3) is 7.24. The molecule has 0 radical (unpaired) electrons. The molecule has 0 bridgehead atoms. The first-order chi connectivity index (χ1) is 21.0. The molecule has 0 saturated carbocycles. The summed E-state index contributed by atoms with van der Waals surface area (Å²) in [6.45, 7) is 3.37. The summed E-state index contributed by atoms with van der Waals surface area (Å²) < 4.78 is 53.8. The average Bonchev–Trinajstić information content (AvgIpc) is 3.37. The molecule has 3 aromatic rings. The lowest BCUT2D eigenvalue weighted by atomic mass is 10.0. The van der Waals surface area contributed by atoms with Crippen molar-refractivity contribution in [2.75, 3.05) is 43.6 Å². The highest BCUT2D eigenvalue weighted by Crippen LogP contribution is 2.32. The number of carbonyl (C=O) groups is 1. The van der Waals surface area contributed by atoms with Gasteiger partial charge in [0, 0.05) is 38.1 Å². The van der Waals surface area contributed by atoms with Crippen LogP contribution >= 0.6 is 11.6 Å². The van der Waals surface area contributed by atoms with Crippen molar-refractivity contribution in [2.24, 2.45) is 0 Å². The summed E-state index contributed by atoms with van der Waals surface area (Å²) >= 11 is 5.88. The van der Waals surface area contributed by atoms with E-state index < -0.39 is 35.1 Å². The fourth-order valence-corrected chi connectivity index (χ4v) is 5.59. The number of methoxy groups -OCH3 is 1. The zero-order valence-electron chi connectivity index (χ0n) is 24.3. The molecular weight excluding hydrogens is 603 g/mol. The number of amides is 1. The van der Waals surface area contributed by atoms with Gasteiger partial charge in [-0.25, -0.2) is 14.6 Å². The normalized spacial score (nSPS) is 18.5. The van der Waals surface area contributed by atoms with Crippen LogP contribution in [-0.4, -0.2) is 82.1 Å². The summed E-state index contributed by atoms with van der Waals surface area (Å²) in [4.78, 5) is 38.4. The number of rotatable bonds is 10. The van der Waals surface area contributed by atoms with Gasteiger partial charge in [0.2, 0.25) is 5.95 Å². The topological polar surface area (TPSA) is 115 Å². The highest BCUT2D eigenvalue weighted by Gasteiger charge is 2.40. The summed E-state index contributed by atoms with van der Waals surface area (Å²) in [6, 6.07) is 6.02. The molecule has 5 rings (SSSR count). The maximum atomic E-state index is 14.0. The van der Waals surface area contributed by atoms with Crippen LogP contribution in [0.4, 0.5) is 24.8 Å². The average molecular weight is 636 g/mol. The maximum absolute atomic E-state index is 14.0. The van der Waals surface area contributed by atoms with Gasteiger partial charge >= 0.3 is 6.18 Å². The first kappa shape index (κ1) is 31.5. The molecule has 15 heteroatoms. The predicted molar refractivity (Wildman–Crippen MR) is 157 cm³/mol. The number of piperidine rings is 1. The number of benzene rings is 1. The first-order valence-electron chi connectivity index (χ1n) is 14.2. The fourth-order valence-electron chi connectivity index (χ4n) is 5.49. The number of hydrogen-bond donors (Lipinski definition) is 1. The lowest BCUT2D eigenvalue weighted by Crippen LogP contribution is -2.47. The summed E-state index contributed by atoms with van der Waals surface area (Å²) in [5.41, 5.74) is -2.46. The maximum Gasteiger partial charge on any atom is 0.423 e. The number of hydrogen-bond acceptors (Lipinski definition) is 9. The molecule has 2 atom stereocenters. The molecule has 2 aromatic heterocycles. The van der Waals surface area contributed by atoms with E-state index in [9.17, 15) is 22.8 Å². The van der Waals surface area contributed by atoms with Crippen molar-refractivity contribution in [3.05, 3.63) is 69.4 Å². The van der Waals surface area contributed by atoms with Gasteiger partial charge in [-0.1, -0.05) is 23.7 Å². The third-order valence-electron chi connectivity index (χ3n) is 7.75. The molecule has 1 unspecified atom stereocenters. The van der Waals surface area contributed by atoms with E-state index >= 15 is 0 Å². The number of likely N-dealkylation sites (tertiary alicyclic amines) is 1. The van der Waals surface area contributed by atoms with Gasteiger partial charge in [0.15, 0.2) is 0 Å². The molecule has 11 nitrogen and oxygen atoms in total. The van der Waals surface area contributed by atoms with E-state index in [1.54, 1.807) is 43.6 Å². The molecule has 4 heterocycles. The minimum atomic E-state index is -4.91. The molecule has 44 heavy (non-hydrogen) atoms. The van der Waals surface area contributed by atoms with Crippen LogP contribution in [0.25, 0.3) is 0 Å². The van der Waals surface area contributed by atoms with Crippen LogP contribution in [0, 0.1) is 0 Å². The highest BCUT2D eigenvalue weighted by molar-refractivity contribution is 6.30. The molecule has 2 aliphatic heterocycles. The van der Waals surface area contributed by atoms with E-state index in [4.69, 9.17) is 21.1 Å². The minimum absolute atomic E-state index is 0.0389. The highest BCUT2D eigenvalue weighted by atomic mass is 35.5. The van der Waals surface area contributed by atoms with E-state index in [-0.39, 0.29) is 25.1 Å². The molecule has 236 valence electrons. The molecule has 0 spiro atoms. The number of halogens is 4. The van der Waals surface area contributed by atoms with Crippen LogP contribution in [0.15, 0.2) is 47.7 Å². The van der Waals surface area contributed by atoms with Crippen LogP contribution in [0.5, 0.6) is 5.75 Å². The van der Waals surface area contributed by atoms with Crippen LogP contribution < -0.4 is 20.5 Å². The van der Waals surface area contributed by atoms with Crippen molar-refractivity contribution in [3.63, 3.8) is 0 Å². The van der Waals surface area contributed by atoms with Crippen LogP contribution in [0.2, 0.25) is 5.02 Å². The number of ether oxygens (including phenoxy) is 2. The van der Waals surface area contributed by atoms with Crippen LogP contribution in [0.3, 0.4) is 0 Å². The Morgan fingerprint density at radius 3 is 2.36 bits per heavy atom. The Kier molecular flexibility index (Phi) is 9.59. The summed E-state index contributed by atoms with van der Waals surface area (Å²) in [5, 5.41) is 7.15. The third-order valence-corrected chi connectivity index (χ3v) is 7.95. The van der Waals surface area contributed by atoms with E-state index in [1.807, 2.05) is 4.90 Å². The molecule has 1 aromatic carbocycles. The van der Waals surface area contributed by atoms with Crippen LogP contribution in [0.1, 0.15) is 37.3 Å². The molecule has 1 N–H and O–H groups in total. The monoisotopic (exact) mass is 635 g/mol. The van der Waals surface area contributed by atoms with Gasteiger partial charge in [-0.2, -0.15) is 18.3 Å². The van der Waals surface area contributed by atoms with Crippen molar-refractivity contribution in [3.8, 4) is 5.75 Å². The minimum Gasteiger partial charge on any atom is -0.497 e. The second-order valence-electron chi connectivity index (χ2n) is 10.8. The zero-order valence-corrected chi connectivity index (χ0v) is 25.0. The Balaban J connectivity index is 1.16. The van der Waals surface area contributed by atoms with Crippen LogP contribution in [-0.2, 0) is 22.3 Å². The quantitative estimate of drug-likeness (QED) is 0.355. The Bertz CT molecular complexity index is 1500. The molecule has 2 saturated heterocycles. The van der Waals surface area contributed by atoms with Crippen molar-refractivity contribution in [1.29, 1.82) is 0 Å². The standard InChI is InChI=1S/C29H33ClF3N7O4/c1-18(37-23-15-36-40(27(42)25(23)29(31,32)33)16-19-3-5-22(43-2)6-4-19)17-44-24-9-12-39(26(24)41)21-7-10-38(11-8-21)28-34-13-20(30)14-35-28/h3-6,13-15,18,21,24,37H,7-12,16-17H2,1-2H3/t18?,24-/m1/s1. The lowest BCUT2D eigenvalue weighted by Gasteiger charge is -2.36. The second kappa shape index (κ2) is 13.4. The molecular formula is C29H33ClF3N7O4. The van der Waals surface area contributed by atoms with Crippen molar-refractivity contribution in [1.82, 2.24) is 24.6 Å². The molecule has 2 aliphatic rings. The molecule has 0 aliphatic carbocycles. The largest absolute Gasteiger partial charge is 0.497 e. The fraction of sp³-hybridized carbons (Fsp3) is 0.483. The first-order valence-corrected chi connectivity index (χ1v) is 14.6. The van der Waals surface area contributed by atoms with E-state index in [1.165, 1.54) is 7.11 Å². The van der Waals surface area contributed by atoms with E-state index in [0.717, 1.165) is 23.7 Å². The lowest BCUT2D eigenvalue weighted by molar-refractivity contribution is -0.139. The number of aromatic nitrogens is 4. The van der Waals surface area contributed by atoms with Gasteiger partial charge in [0.25, 0.3) is 11.5 Å². The summed E-state index contributed by atoms with van der Waals surface area (Å²) in [7, 11) is 1.50. The van der Waals surface area contributed by atoms with Gasteiger partial charge in [0.05, 0.1) is 49.6 Å². The van der Waals surface area contributed by atoms with Crippen molar-refractivity contribution in [2.45, 2.75) is 57.1 Å². The second-order valence-corrected chi connectivity index (χ2v) is 11.3. The Labute approximate surface area is 256 Å². The number of nitrogens with one attached hydrogen (secondary N) is 1. The summed E-state index contributed by atoms with van der Waals surface area (Å²) in [5.74, 6) is 1.05. The van der Waals surface area contributed by atoms with Gasteiger partial charge in [0.1, 0.15) is 17.4 Å². The number of carbonyl (C=O) groups excluding carboxylic acids is 1. The van der Waals surface area contributed by atoms with Crippen molar-refractivity contribution >= 4 is 29.1 Å². The van der Waals surface area contributed by atoms with E-state index in [2.05, 4.69) is 25.3 Å². The van der Waals surface area contributed by atoms with Gasteiger partial charge in [-0.15, -0.1) is 0 Å². The zero-order chi connectivity index (χ0) is 31.4. The number of alkyl halides is 3. The van der Waals surface area contributed by atoms with Gasteiger partial charge < -0.3 is 24.6 Å². The smallest absolute Gasteiger partial charge is 0.423 e. The Morgan fingerprint density at radius 2 is 1.73 bits per heavy atom. The van der Waals surface area contributed by atoms with Gasteiger partial charge in [-0.05, 0) is 37.5 Å². The Morgan fingerprint density at radius 1 is 1.05 bits per heavy atom. The number of anilines is 2. The van der Waals surface area contributed by atoms with Crippen molar-refractivity contribution < 1.29 is 27.4 Å². The SMILES string of the molecule is COc1ccc(Cn2ncc(NC(C)CO[C@@H]3CCN(C4CCN(c5ncc(Cl)cn5)CC4)C3=O)c(C(F)(F)F)c2=O)cc1. The Hall–Kier alpha value is -3.91. The summed E-state index contributed by atoms with van der Waals surface area (Å²) in [6.07, 6.45) is 0.485. The number of nitrogens with zero attached hydrogens (tertiary/aromatic N) is 6.